The summed E-state index contributed by atoms with van der Waals surface area (Å²) < 4.78 is 5.19. The van der Waals surface area contributed by atoms with Gasteiger partial charge in [-0.1, -0.05) is 36.0 Å². The molecule has 0 saturated carbocycles. The van der Waals surface area contributed by atoms with Crippen LogP contribution < -0.4 is 15.4 Å². The van der Waals surface area contributed by atoms with E-state index < -0.39 is 5.25 Å². The molecule has 28 heavy (non-hydrogen) atoms. The molecule has 2 aromatic carbocycles. The summed E-state index contributed by atoms with van der Waals surface area (Å²) in [5.41, 5.74) is 1.22. The van der Waals surface area contributed by atoms with Crippen molar-refractivity contribution in [2.45, 2.75) is 11.7 Å². The van der Waals surface area contributed by atoms with E-state index in [1.165, 1.54) is 19.4 Å². The number of carbonyl (C=O) groups is 2. The minimum atomic E-state index is -0.593. The van der Waals surface area contributed by atoms with Gasteiger partial charge in [0.25, 0.3) is 0 Å². The van der Waals surface area contributed by atoms with E-state index in [-0.39, 0.29) is 24.0 Å². The molecule has 8 nitrogen and oxygen atoms in total. The zero-order chi connectivity index (χ0) is 19.9. The molecule has 2 amide bonds. The topological polar surface area (TPSA) is 112 Å². The van der Waals surface area contributed by atoms with E-state index in [2.05, 4.69) is 20.8 Å². The van der Waals surface area contributed by atoms with Crippen LogP contribution in [0.4, 0.5) is 5.69 Å². The molecule has 0 bridgehead atoms. The molecule has 1 atom stereocenters. The lowest BCUT2D eigenvalue weighted by Gasteiger charge is -2.10. The molecule has 9 heteroatoms. The van der Waals surface area contributed by atoms with Gasteiger partial charge in [0.05, 0.1) is 19.0 Å². The first-order valence-electron chi connectivity index (χ1n) is 8.35. The number of anilines is 1. The lowest BCUT2D eigenvalue weighted by Crippen LogP contribution is -2.28. The van der Waals surface area contributed by atoms with Crippen LogP contribution in [0.1, 0.15) is 12.0 Å². The molecule has 0 aliphatic carbocycles. The number of carbonyl (C=O) groups excluding carboxylic acids is 2. The van der Waals surface area contributed by atoms with Crippen molar-refractivity contribution in [3.63, 3.8) is 0 Å². The highest BCUT2D eigenvalue weighted by Gasteiger charge is 2.32. The monoisotopic (exact) mass is 398 g/mol. The number of benzene rings is 2. The van der Waals surface area contributed by atoms with Crippen LogP contribution in [0.3, 0.4) is 0 Å². The Morgan fingerprint density at radius 3 is 2.93 bits per heavy atom. The number of thioether (sulfide) groups is 1. The largest absolute Gasteiger partial charge is 0.508 e. The summed E-state index contributed by atoms with van der Waals surface area (Å²) >= 11 is 1.14. The van der Waals surface area contributed by atoms with E-state index in [1.807, 2.05) is 0 Å². The normalized spacial score (nSPS) is 17.7. The predicted molar refractivity (Wildman–Crippen MR) is 109 cm³/mol. The minimum absolute atomic E-state index is 0.0101. The molecular weight excluding hydrogens is 380 g/mol. The first kappa shape index (κ1) is 19.4. The van der Waals surface area contributed by atoms with Crippen molar-refractivity contribution in [3.05, 3.63) is 54.1 Å². The number of amidine groups is 1. The molecule has 2 aromatic rings. The van der Waals surface area contributed by atoms with E-state index in [1.54, 1.807) is 42.5 Å². The van der Waals surface area contributed by atoms with Crippen LogP contribution in [-0.2, 0) is 9.59 Å². The van der Waals surface area contributed by atoms with Crippen LogP contribution in [-0.4, -0.2) is 40.7 Å². The quantitative estimate of drug-likeness (QED) is 0.511. The van der Waals surface area contributed by atoms with E-state index in [0.717, 1.165) is 11.8 Å². The van der Waals surface area contributed by atoms with Crippen molar-refractivity contribution in [2.24, 2.45) is 10.2 Å². The fraction of sp³-hybridized carbons (Fsp3) is 0.158. The van der Waals surface area contributed by atoms with Crippen molar-refractivity contribution in [1.29, 1.82) is 0 Å². The molecule has 1 aliphatic rings. The van der Waals surface area contributed by atoms with Gasteiger partial charge in [-0.3, -0.25) is 9.59 Å². The SMILES string of the molecule is COc1ccccc1NC(=O)CC1S/C(=N/N=C\c2cccc(O)c2)NC1=O. The highest BCUT2D eigenvalue weighted by molar-refractivity contribution is 8.15. The molecule has 144 valence electrons. The Morgan fingerprint density at radius 1 is 1.32 bits per heavy atom. The van der Waals surface area contributed by atoms with Gasteiger partial charge in [-0.15, -0.1) is 5.10 Å². The smallest absolute Gasteiger partial charge is 0.240 e. The Balaban J connectivity index is 1.57. The summed E-state index contributed by atoms with van der Waals surface area (Å²) in [4.78, 5) is 24.3. The van der Waals surface area contributed by atoms with Gasteiger partial charge < -0.3 is 20.5 Å². The predicted octanol–water partition coefficient (Wildman–Crippen LogP) is 2.35. The average Bonchev–Trinajstić information content (AvgIpc) is 3.01. The second-order valence-electron chi connectivity index (χ2n) is 5.79. The number of nitrogens with one attached hydrogen (secondary N) is 2. The highest BCUT2D eigenvalue weighted by atomic mass is 32.2. The minimum Gasteiger partial charge on any atom is -0.508 e. The van der Waals surface area contributed by atoms with Crippen LogP contribution in [0.2, 0.25) is 0 Å². The Bertz CT molecular complexity index is 945. The number of amides is 2. The number of rotatable bonds is 6. The van der Waals surface area contributed by atoms with Gasteiger partial charge in [-0.2, -0.15) is 5.10 Å². The van der Waals surface area contributed by atoms with Gasteiger partial charge in [-0.25, -0.2) is 0 Å². The summed E-state index contributed by atoms with van der Waals surface area (Å²) in [6.45, 7) is 0. The van der Waals surface area contributed by atoms with E-state index >= 15 is 0 Å². The van der Waals surface area contributed by atoms with Crippen molar-refractivity contribution >= 4 is 40.6 Å². The third-order valence-electron chi connectivity index (χ3n) is 3.75. The maximum absolute atomic E-state index is 12.3. The number of para-hydroxylation sites is 2. The summed E-state index contributed by atoms with van der Waals surface area (Å²) in [6.07, 6.45) is 1.45. The van der Waals surface area contributed by atoms with Crippen LogP contribution in [0, 0.1) is 0 Å². The molecule has 0 aromatic heterocycles. The molecular formula is C19H18N4O4S. The zero-order valence-electron chi connectivity index (χ0n) is 15.0. The Kier molecular flexibility index (Phi) is 6.28. The van der Waals surface area contributed by atoms with Crippen LogP contribution in [0.5, 0.6) is 11.5 Å². The van der Waals surface area contributed by atoms with Crippen molar-refractivity contribution in [2.75, 3.05) is 12.4 Å². The van der Waals surface area contributed by atoms with Gasteiger partial charge in [0, 0.05) is 6.42 Å². The van der Waals surface area contributed by atoms with Crippen LogP contribution in [0.15, 0.2) is 58.7 Å². The summed E-state index contributed by atoms with van der Waals surface area (Å²) in [5.74, 6) is 0.0670. The maximum atomic E-state index is 12.3. The standard InChI is InChI=1S/C19H18N4O4S/c1-27-15-8-3-2-7-14(15)21-17(25)10-16-18(26)22-19(28-16)23-20-11-12-5-4-6-13(24)9-12/h2-9,11,16,24H,10H2,1H3,(H,21,25)(H,22,23,26)/b20-11-. The summed E-state index contributed by atoms with van der Waals surface area (Å²) in [7, 11) is 1.52. The molecule has 1 fully saturated rings. The summed E-state index contributed by atoms with van der Waals surface area (Å²) in [6, 6.07) is 13.6. The van der Waals surface area contributed by atoms with Gasteiger partial charge in [0.15, 0.2) is 5.17 Å². The van der Waals surface area contributed by atoms with Gasteiger partial charge in [-0.05, 0) is 29.8 Å². The fourth-order valence-corrected chi connectivity index (χ4v) is 3.38. The van der Waals surface area contributed by atoms with E-state index in [0.29, 0.717) is 22.2 Å². The molecule has 1 unspecified atom stereocenters. The first-order chi connectivity index (χ1) is 13.5. The second kappa shape index (κ2) is 9.05. The number of phenols is 1. The Morgan fingerprint density at radius 2 is 2.14 bits per heavy atom. The first-order valence-corrected chi connectivity index (χ1v) is 9.23. The molecule has 1 heterocycles. The number of hydrogen-bond acceptors (Lipinski definition) is 7. The van der Waals surface area contributed by atoms with Gasteiger partial charge >= 0.3 is 0 Å². The van der Waals surface area contributed by atoms with E-state index in [4.69, 9.17) is 4.74 Å². The van der Waals surface area contributed by atoms with Gasteiger partial charge in [0.2, 0.25) is 11.8 Å². The van der Waals surface area contributed by atoms with Crippen molar-refractivity contribution < 1.29 is 19.4 Å². The second-order valence-corrected chi connectivity index (χ2v) is 6.98. The average molecular weight is 398 g/mol. The Hall–Kier alpha value is -3.33. The van der Waals surface area contributed by atoms with Crippen LogP contribution in [0.25, 0.3) is 0 Å². The molecule has 0 radical (unpaired) electrons. The summed E-state index contributed by atoms with van der Waals surface area (Å²) in [5, 5.41) is 22.3. The number of methoxy groups -OCH3 is 1. The Labute approximate surface area is 165 Å². The number of ether oxygens (including phenoxy) is 1. The van der Waals surface area contributed by atoms with Crippen molar-refractivity contribution in [3.8, 4) is 11.5 Å². The molecule has 3 N–H and O–H groups in total. The van der Waals surface area contributed by atoms with Crippen molar-refractivity contribution in [1.82, 2.24) is 5.32 Å². The molecule has 1 aliphatic heterocycles. The molecule has 3 rings (SSSR count). The number of aromatic hydroxyl groups is 1. The third kappa shape index (κ3) is 5.10. The highest BCUT2D eigenvalue weighted by Crippen LogP contribution is 2.26. The maximum Gasteiger partial charge on any atom is 0.240 e. The number of nitrogens with zero attached hydrogens (tertiary/aromatic N) is 2. The van der Waals surface area contributed by atoms with Gasteiger partial charge in [0.1, 0.15) is 16.7 Å². The zero-order valence-corrected chi connectivity index (χ0v) is 15.8. The molecule has 0 spiro atoms. The lowest BCUT2D eigenvalue weighted by atomic mass is 10.2. The van der Waals surface area contributed by atoms with E-state index in [9.17, 15) is 14.7 Å². The molecule has 1 saturated heterocycles. The fourth-order valence-electron chi connectivity index (χ4n) is 2.46. The number of phenolic OH excluding ortho intramolecular Hbond substituents is 1. The van der Waals surface area contributed by atoms with Crippen LogP contribution >= 0.6 is 11.8 Å². The number of hydrogen-bond donors (Lipinski definition) is 3. The lowest BCUT2D eigenvalue weighted by molar-refractivity contribution is -0.122. The third-order valence-corrected chi connectivity index (χ3v) is 4.83.